The second-order valence-electron chi connectivity index (χ2n) is 5.20. The Kier molecular flexibility index (Phi) is 4.05. The quantitative estimate of drug-likeness (QED) is 0.840. The predicted molar refractivity (Wildman–Crippen MR) is 70.0 cm³/mol. The highest BCUT2D eigenvalue weighted by molar-refractivity contribution is 6.31. The van der Waals surface area contributed by atoms with E-state index in [1.807, 2.05) is 6.07 Å². The summed E-state index contributed by atoms with van der Waals surface area (Å²) in [4.78, 5) is 0. The van der Waals surface area contributed by atoms with Crippen LogP contribution in [0.2, 0.25) is 5.02 Å². The Labute approximate surface area is 107 Å². The zero-order chi connectivity index (χ0) is 12.4. The molecule has 2 rings (SSSR count). The zero-order valence-corrected chi connectivity index (χ0v) is 11.1. The van der Waals surface area contributed by atoms with Crippen LogP contribution in [-0.2, 0) is 0 Å². The molecular weight excluding hydrogens is 237 g/mol. The van der Waals surface area contributed by atoms with Gasteiger partial charge in [-0.25, -0.2) is 4.39 Å². The molecule has 0 radical (unpaired) electrons. The van der Waals surface area contributed by atoms with Crippen LogP contribution in [0.15, 0.2) is 18.2 Å². The molecule has 1 atom stereocenters. The lowest BCUT2D eigenvalue weighted by Gasteiger charge is -2.23. The van der Waals surface area contributed by atoms with Crippen molar-refractivity contribution in [3.63, 3.8) is 0 Å². The van der Waals surface area contributed by atoms with Gasteiger partial charge in [0.25, 0.3) is 0 Å². The molecule has 0 amide bonds. The molecule has 0 aliphatic heterocycles. The van der Waals surface area contributed by atoms with Crippen LogP contribution < -0.4 is 5.32 Å². The van der Waals surface area contributed by atoms with Crippen molar-refractivity contribution in [1.82, 2.24) is 5.32 Å². The summed E-state index contributed by atoms with van der Waals surface area (Å²) < 4.78 is 13.0. The molecule has 17 heavy (non-hydrogen) atoms. The minimum Gasteiger partial charge on any atom is -0.313 e. The van der Waals surface area contributed by atoms with Crippen molar-refractivity contribution in [1.29, 1.82) is 0 Å². The third kappa shape index (κ3) is 3.43. The molecule has 0 saturated heterocycles. The molecule has 1 unspecified atom stereocenters. The topological polar surface area (TPSA) is 12.0 Å². The van der Waals surface area contributed by atoms with Crippen molar-refractivity contribution in [3.05, 3.63) is 34.6 Å². The Hall–Kier alpha value is -0.600. The van der Waals surface area contributed by atoms with Crippen LogP contribution in [0.4, 0.5) is 4.39 Å². The van der Waals surface area contributed by atoms with Crippen molar-refractivity contribution in [2.24, 2.45) is 5.92 Å². The molecule has 0 spiro atoms. The van der Waals surface area contributed by atoms with Gasteiger partial charge in [-0.05, 0) is 36.5 Å². The fourth-order valence-corrected chi connectivity index (χ4v) is 2.40. The van der Waals surface area contributed by atoms with Crippen molar-refractivity contribution >= 4 is 11.6 Å². The van der Waals surface area contributed by atoms with Crippen LogP contribution in [0, 0.1) is 11.7 Å². The molecule has 1 nitrogen and oxygen atoms in total. The van der Waals surface area contributed by atoms with Crippen LogP contribution in [-0.4, -0.2) is 12.6 Å². The van der Waals surface area contributed by atoms with E-state index in [9.17, 15) is 4.39 Å². The normalized spacial score (nSPS) is 17.5. The van der Waals surface area contributed by atoms with Crippen molar-refractivity contribution in [3.8, 4) is 0 Å². The van der Waals surface area contributed by atoms with Crippen LogP contribution in [0.1, 0.15) is 38.2 Å². The van der Waals surface area contributed by atoms with Gasteiger partial charge in [-0.2, -0.15) is 0 Å². The van der Waals surface area contributed by atoms with Crippen LogP contribution in [0.5, 0.6) is 0 Å². The first-order chi connectivity index (χ1) is 8.08. The fraction of sp³-hybridized carbons (Fsp3) is 0.571. The average molecular weight is 256 g/mol. The Bertz CT molecular complexity index is 388. The van der Waals surface area contributed by atoms with Crippen molar-refractivity contribution in [2.45, 2.75) is 38.6 Å². The maximum Gasteiger partial charge on any atom is 0.124 e. The van der Waals surface area contributed by atoms with Crippen molar-refractivity contribution < 1.29 is 4.39 Å². The summed E-state index contributed by atoms with van der Waals surface area (Å²) in [6, 6.07) is 5.41. The number of rotatable bonds is 5. The number of nitrogens with one attached hydrogen (secondary N) is 1. The Morgan fingerprint density at radius 2 is 2.12 bits per heavy atom. The monoisotopic (exact) mass is 255 g/mol. The first-order valence-corrected chi connectivity index (χ1v) is 6.64. The highest BCUT2D eigenvalue weighted by atomic mass is 35.5. The lowest BCUT2D eigenvalue weighted by molar-refractivity contribution is 0.460. The van der Waals surface area contributed by atoms with Gasteiger partial charge >= 0.3 is 0 Å². The first kappa shape index (κ1) is 12.8. The summed E-state index contributed by atoms with van der Waals surface area (Å²) >= 11 is 6.13. The molecule has 0 heterocycles. The van der Waals surface area contributed by atoms with Gasteiger partial charge in [-0.1, -0.05) is 31.5 Å². The van der Waals surface area contributed by atoms with E-state index in [2.05, 4.69) is 19.2 Å². The third-order valence-electron chi connectivity index (χ3n) is 3.37. The van der Waals surface area contributed by atoms with E-state index in [0.29, 0.717) is 22.9 Å². The molecule has 1 aliphatic carbocycles. The fourth-order valence-electron chi connectivity index (χ4n) is 2.09. The second-order valence-corrected chi connectivity index (χ2v) is 5.61. The van der Waals surface area contributed by atoms with Gasteiger partial charge in [0, 0.05) is 23.5 Å². The van der Waals surface area contributed by atoms with E-state index < -0.39 is 0 Å². The summed E-state index contributed by atoms with van der Waals surface area (Å²) in [5.41, 5.74) is 1.05. The lowest BCUT2D eigenvalue weighted by Crippen LogP contribution is -2.26. The predicted octanol–water partition coefficient (Wildman–Crippen LogP) is 3.97. The Morgan fingerprint density at radius 3 is 2.65 bits per heavy atom. The summed E-state index contributed by atoms with van der Waals surface area (Å²) in [5, 5.41) is 4.07. The number of hydrogen-bond donors (Lipinski definition) is 1. The Morgan fingerprint density at radius 1 is 1.41 bits per heavy atom. The summed E-state index contributed by atoms with van der Waals surface area (Å²) in [6.07, 6.45) is 2.56. The van der Waals surface area contributed by atoms with E-state index >= 15 is 0 Å². The van der Waals surface area contributed by atoms with Gasteiger partial charge < -0.3 is 5.32 Å². The lowest BCUT2D eigenvalue weighted by atomic mass is 9.88. The largest absolute Gasteiger partial charge is 0.313 e. The molecule has 1 saturated carbocycles. The van der Waals surface area contributed by atoms with E-state index in [0.717, 1.165) is 12.1 Å². The molecular formula is C14H19ClFN. The number of benzene rings is 1. The Balaban J connectivity index is 2.12. The molecule has 1 aromatic carbocycles. The minimum absolute atomic E-state index is 0.267. The summed E-state index contributed by atoms with van der Waals surface area (Å²) in [5.74, 6) is 0.573. The maximum atomic E-state index is 13.0. The van der Waals surface area contributed by atoms with E-state index in [1.54, 1.807) is 0 Å². The molecule has 0 aromatic heterocycles. The van der Waals surface area contributed by atoms with Gasteiger partial charge in [-0.3, -0.25) is 0 Å². The highest BCUT2D eigenvalue weighted by Gasteiger charge is 2.24. The van der Waals surface area contributed by atoms with Gasteiger partial charge in [0.05, 0.1) is 0 Å². The van der Waals surface area contributed by atoms with Gasteiger partial charge in [-0.15, -0.1) is 0 Å². The van der Waals surface area contributed by atoms with Crippen LogP contribution in [0.25, 0.3) is 0 Å². The smallest absolute Gasteiger partial charge is 0.124 e. The second kappa shape index (κ2) is 5.36. The summed E-state index contributed by atoms with van der Waals surface area (Å²) in [6.45, 7) is 5.28. The molecule has 94 valence electrons. The van der Waals surface area contributed by atoms with Gasteiger partial charge in [0.15, 0.2) is 0 Å². The molecule has 1 aliphatic rings. The minimum atomic E-state index is -0.267. The number of hydrogen-bond acceptors (Lipinski definition) is 1. The standard InChI is InChI=1S/C14H19ClFN/c1-9(2)13(8-17-11-4-5-11)12-6-3-10(16)7-14(12)15/h3,6-7,9,11,13,17H,4-5,8H2,1-2H3. The van der Waals surface area contributed by atoms with E-state index in [-0.39, 0.29) is 5.82 Å². The highest BCUT2D eigenvalue weighted by Crippen LogP contribution is 2.31. The molecule has 1 aromatic rings. The average Bonchev–Trinajstić information content (AvgIpc) is 3.04. The molecule has 1 fully saturated rings. The van der Waals surface area contributed by atoms with E-state index in [1.165, 1.54) is 25.0 Å². The maximum absolute atomic E-state index is 13.0. The van der Waals surface area contributed by atoms with E-state index in [4.69, 9.17) is 11.6 Å². The molecule has 0 bridgehead atoms. The third-order valence-corrected chi connectivity index (χ3v) is 3.70. The van der Waals surface area contributed by atoms with Gasteiger partial charge in [0.1, 0.15) is 5.82 Å². The first-order valence-electron chi connectivity index (χ1n) is 6.26. The molecule has 3 heteroatoms. The van der Waals surface area contributed by atoms with Crippen LogP contribution >= 0.6 is 11.6 Å². The zero-order valence-electron chi connectivity index (χ0n) is 10.3. The van der Waals surface area contributed by atoms with Crippen LogP contribution in [0.3, 0.4) is 0 Å². The summed E-state index contributed by atoms with van der Waals surface area (Å²) in [7, 11) is 0. The van der Waals surface area contributed by atoms with Gasteiger partial charge in [0.2, 0.25) is 0 Å². The van der Waals surface area contributed by atoms with Crippen molar-refractivity contribution in [2.75, 3.05) is 6.54 Å². The molecule has 1 N–H and O–H groups in total. The number of halogens is 2. The SMILES string of the molecule is CC(C)C(CNC1CC1)c1ccc(F)cc1Cl.